The van der Waals surface area contributed by atoms with E-state index in [0.29, 0.717) is 35.9 Å². The van der Waals surface area contributed by atoms with Gasteiger partial charge in [0.25, 0.3) is 5.56 Å². The maximum atomic E-state index is 13.3. The predicted molar refractivity (Wildman–Crippen MR) is 140 cm³/mol. The van der Waals surface area contributed by atoms with Crippen LogP contribution in [0.5, 0.6) is 0 Å². The zero-order chi connectivity index (χ0) is 24.2. The van der Waals surface area contributed by atoms with Crippen molar-refractivity contribution in [2.45, 2.75) is 43.8 Å². The molecule has 0 atom stereocenters. The fraction of sp³-hybridized carbons (Fsp3) is 0.207. The van der Waals surface area contributed by atoms with Crippen LogP contribution in [0.25, 0.3) is 11.1 Å². The fourth-order valence-corrected chi connectivity index (χ4v) is 5.41. The molecule has 1 aliphatic rings. The van der Waals surface area contributed by atoms with E-state index in [4.69, 9.17) is 0 Å². The molecule has 5 rings (SSSR count). The summed E-state index contributed by atoms with van der Waals surface area (Å²) >= 11 is 1.51. The average Bonchev–Trinajstić information content (AvgIpc) is 3.04. The number of aryl methyl sites for hydroxylation is 1. The summed E-state index contributed by atoms with van der Waals surface area (Å²) in [5.74, 6) is 0.775. The largest absolute Gasteiger partial charge is 0.334 e. The highest BCUT2D eigenvalue weighted by Crippen LogP contribution is 2.32. The number of nitrogens with zero attached hydrogens (tertiary/aromatic N) is 2. The minimum Gasteiger partial charge on any atom is -0.334 e. The molecular formula is C29H27N3O2S. The van der Waals surface area contributed by atoms with E-state index in [0.717, 1.165) is 16.9 Å². The van der Waals surface area contributed by atoms with Gasteiger partial charge in [0.1, 0.15) is 0 Å². The molecule has 4 aromatic rings. The monoisotopic (exact) mass is 481 g/mol. The van der Waals surface area contributed by atoms with Crippen molar-refractivity contribution in [1.29, 1.82) is 0 Å². The van der Waals surface area contributed by atoms with Crippen molar-refractivity contribution in [1.82, 2.24) is 14.9 Å². The SMILES string of the molecule is Cc1nc(SCc2ccccc2)[nH]c(=O)c1CCC(=O)N1Cc2ccccc2-c2ccccc2C1. The molecule has 1 amide bonds. The first kappa shape index (κ1) is 23.1. The molecule has 0 saturated heterocycles. The van der Waals surface area contributed by atoms with E-state index in [1.807, 2.05) is 54.3 Å². The van der Waals surface area contributed by atoms with Crippen molar-refractivity contribution in [3.05, 3.63) is 117 Å². The van der Waals surface area contributed by atoms with E-state index in [-0.39, 0.29) is 17.9 Å². The molecule has 1 N–H and O–H groups in total. The van der Waals surface area contributed by atoms with E-state index >= 15 is 0 Å². The Morgan fingerprint density at radius 3 is 2.14 bits per heavy atom. The Kier molecular flexibility index (Phi) is 6.82. The molecule has 0 saturated carbocycles. The summed E-state index contributed by atoms with van der Waals surface area (Å²) in [6.45, 7) is 2.97. The number of benzene rings is 3. The molecule has 1 aromatic heterocycles. The molecular weight excluding hydrogens is 454 g/mol. The van der Waals surface area contributed by atoms with Gasteiger partial charge in [-0.25, -0.2) is 4.98 Å². The number of amides is 1. The number of rotatable bonds is 6. The Labute approximate surface area is 209 Å². The molecule has 0 aliphatic carbocycles. The van der Waals surface area contributed by atoms with Gasteiger partial charge in [-0.2, -0.15) is 0 Å². The number of nitrogens with one attached hydrogen (secondary N) is 1. The van der Waals surface area contributed by atoms with Crippen LogP contribution in [0, 0.1) is 6.92 Å². The number of hydrogen-bond acceptors (Lipinski definition) is 4. The minimum absolute atomic E-state index is 0.0397. The molecule has 2 heterocycles. The van der Waals surface area contributed by atoms with Crippen LogP contribution in [0.15, 0.2) is 88.8 Å². The third-order valence-corrected chi connectivity index (χ3v) is 7.35. The van der Waals surface area contributed by atoms with Gasteiger partial charge in [0.05, 0.1) is 0 Å². The second-order valence-electron chi connectivity index (χ2n) is 8.77. The van der Waals surface area contributed by atoms with Crippen LogP contribution in [0.1, 0.15) is 34.4 Å². The zero-order valence-electron chi connectivity index (χ0n) is 19.7. The normalized spacial score (nSPS) is 12.5. The second kappa shape index (κ2) is 10.3. The molecule has 3 aromatic carbocycles. The van der Waals surface area contributed by atoms with Crippen LogP contribution in [-0.2, 0) is 30.1 Å². The number of carbonyl (C=O) groups excluding carboxylic acids is 1. The topological polar surface area (TPSA) is 66.1 Å². The van der Waals surface area contributed by atoms with E-state index in [9.17, 15) is 9.59 Å². The minimum atomic E-state index is -0.160. The lowest BCUT2D eigenvalue weighted by Crippen LogP contribution is -2.30. The number of H-pyrrole nitrogens is 1. The standard InChI is InChI=1S/C29H27N3O2S/c1-20-24(28(34)31-29(30-20)35-19-21-9-3-2-4-10-21)15-16-27(33)32-17-22-11-5-7-13-25(22)26-14-8-6-12-23(26)18-32/h2-14H,15-19H2,1H3,(H,30,31,34). The highest BCUT2D eigenvalue weighted by atomic mass is 32.2. The number of fused-ring (bicyclic) bond motifs is 3. The van der Waals surface area contributed by atoms with Gasteiger partial charge in [-0.15, -0.1) is 0 Å². The molecule has 1 aliphatic heterocycles. The van der Waals surface area contributed by atoms with Gasteiger partial charge >= 0.3 is 0 Å². The van der Waals surface area contributed by atoms with Crippen LogP contribution in [-0.4, -0.2) is 20.8 Å². The average molecular weight is 482 g/mol. The van der Waals surface area contributed by atoms with Crippen LogP contribution in [0.2, 0.25) is 0 Å². The van der Waals surface area contributed by atoms with Gasteiger partial charge in [-0.1, -0.05) is 90.6 Å². The van der Waals surface area contributed by atoms with Gasteiger partial charge in [0, 0.05) is 36.5 Å². The number of aromatic nitrogens is 2. The smallest absolute Gasteiger partial charge is 0.254 e. The number of carbonyl (C=O) groups is 1. The van der Waals surface area contributed by atoms with Crippen LogP contribution < -0.4 is 5.56 Å². The summed E-state index contributed by atoms with van der Waals surface area (Å²) in [6.07, 6.45) is 0.642. The molecule has 5 nitrogen and oxygen atoms in total. The molecule has 35 heavy (non-hydrogen) atoms. The lowest BCUT2D eigenvalue weighted by molar-refractivity contribution is -0.132. The van der Waals surface area contributed by atoms with Crippen molar-refractivity contribution in [3.63, 3.8) is 0 Å². The van der Waals surface area contributed by atoms with Crippen molar-refractivity contribution in [2.24, 2.45) is 0 Å². The van der Waals surface area contributed by atoms with Crippen molar-refractivity contribution >= 4 is 17.7 Å². The van der Waals surface area contributed by atoms with Crippen molar-refractivity contribution in [2.75, 3.05) is 0 Å². The Hall–Kier alpha value is -3.64. The lowest BCUT2D eigenvalue weighted by Gasteiger charge is -2.21. The van der Waals surface area contributed by atoms with Crippen LogP contribution >= 0.6 is 11.8 Å². The quantitative estimate of drug-likeness (QED) is 0.291. The summed E-state index contributed by atoms with van der Waals surface area (Å²) in [7, 11) is 0. The number of thioether (sulfide) groups is 1. The summed E-state index contributed by atoms with van der Waals surface area (Å²) < 4.78 is 0. The van der Waals surface area contributed by atoms with Crippen molar-refractivity contribution < 1.29 is 4.79 Å². The van der Waals surface area contributed by atoms with Gasteiger partial charge in [-0.3, -0.25) is 9.59 Å². The maximum absolute atomic E-state index is 13.3. The molecule has 0 unspecified atom stereocenters. The van der Waals surface area contributed by atoms with Crippen molar-refractivity contribution in [3.8, 4) is 11.1 Å². The Morgan fingerprint density at radius 1 is 0.914 bits per heavy atom. The first-order valence-corrected chi connectivity index (χ1v) is 12.8. The Balaban J connectivity index is 1.28. The number of aromatic amines is 1. The first-order valence-electron chi connectivity index (χ1n) is 11.8. The second-order valence-corrected chi connectivity index (χ2v) is 9.74. The van der Waals surface area contributed by atoms with E-state index in [2.05, 4.69) is 46.4 Å². The lowest BCUT2D eigenvalue weighted by atomic mass is 9.97. The fourth-order valence-electron chi connectivity index (χ4n) is 4.55. The summed E-state index contributed by atoms with van der Waals surface area (Å²) in [5.41, 5.74) is 6.92. The molecule has 0 fully saturated rings. The van der Waals surface area contributed by atoms with Crippen LogP contribution in [0.3, 0.4) is 0 Å². The zero-order valence-corrected chi connectivity index (χ0v) is 20.5. The molecule has 176 valence electrons. The maximum Gasteiger partial charge on any atom is 0.254 e. The number of hydrogen-bond donors (Lipinski definition) is 1. The molecule has 6 heteroatoms. The highest BCUT2D eigenvalue weighted by Gasteiger charge is 2.23. The van der Waals surface area contributed by atoms with Crippen LogP contribution in [0.4, 0.5) is 0 Å². The van der Waals surface area contributed by atoms with Gasteiger partial charge in [-0.05, 0) is 41.2 Å². The summed E-state index contributed by atoms with van der Waals surface area (Å²) in [5, 5.41) is 0.604. The van der Waals surface area contributed by atoms with E-state index in [1.54, 1.807) is 0 Å². The first-order chi connectivity index (χ1) is 17.1. The predicted octanol–water partition coefficient (Wildman–Crippen LogP) is 5.51. The third kappa shape index (κ3) is 5.23. The molecule has 0 bridgehead atoms. The summed E-state index contributed by atoms with van der Waals surface area (Å²) in [4.78, 5) is 35.5. The third-order valence-electron chi connectivity index (χ3n) is 6.41. The Morgan fingerprint density at radius 2 is 1.51 bits per heavy atom. The van der Waals surface area contributed by atoms with Gasteiger partial charge < -0.3 is 9.88 Å². The summed E-state index contributed by atoms with van der Waals surface area (Å²) in [6, 6.07) is 26.6. The molecule has 0 spiro atoms. The van der Waals surface area contributed by atoms with Gasteiger partial charge in [0.15, 0.2) is 5.16 Å². The van der Waals surface area contributed by atoms with Gasteiger partial charge in [0.2, 0.25) is 5.91 Å². The molecule has 0 radical (unpaired) electrons. The van der Waals surface area contributed by atoms with E-state index in [1.165, 1.54) is 28.5 Å². The highest BCUT2D eigenvalue weighted by molar-refractivity contribution is 7.98. The Bertz CT molecular complexity index is 1370. The van der Waals surface area contributed by atoms with E-state index < -0.39 is 0 Å².